The largest absolute Gasteiger partial charge is 0.477 e. The topological polar surface area (TPSA) is 78.9 Å². The van der Waals surface area contributed by atoms with Gasteiger partial charge in [-0.1, -0.05) is 0 Å². The fourth-order valence-electron chi connectivity index (χ4n) is 2.23. The van der Waals surface area contributed by atoms with Gasteiger partial charge in [0.15, 0.2) is 0 Å². The van der Waals surface area contributed by atoms with Crippen molar-refractivity contribution in [3.8, 4) is 0 Å². The normalized spacial score (nSPS) is 19.8. The summed E-state index contributed by atoms with van der Waals surface area (Å²) in [5.74, 6) is -0.989. The molecule has 110 valence electrons. The minimum atomic E-state index is -0.919. The van der Waals surface area contributed by atoms with Crippen molar-refractivity contribution in [1.29, 1.82) is 0 Å². The van der Waals surface area contributed by atoms with E-state index in [4.69, 9.17) is 9.84 Å². The Labute approximate surface area is 121 Å². The van der Waals surface area contributed by atoms with Crippen molar-refractivity contribution in [3.05, 3.63) is 21.9 Å². The first-order valence-electron chi connectivity index (χ1n) is 6.52. The highest BCUT2D eigenvalue weighted by molar-refractivity contribution is 7.12. The molecule has 7 heteroatoms. The Morgan fingerprint density at radius 1 is 1.60 bits per heavy atom. The first kappa shape index (κ1) is 15.0. The molecule has 1 saturated heterocycles. The maximum atomic E-state index is 12.0. The summed E-state index contributed by atoms with van der Waals surface area (Å²) in [5.41, 5.74) is 0.749. The van der Waals surface area contributed by atoms with Crippen LogP contribution in [0.15, 0.2) is 11.4 Å². The molecule has 1 aliphatic rings. The molecule has 1 fully saturated rings. The number of amides is 1. The monoisotopic (exact) mass is 298 g/mol. The molecule has 2 heterocycles. The van der Waals surface area contributed by atoms with Crippen LogP contribution < -0.4 is 5.32 Å². The van der Waals surface area contributed by atoms with Crippen LogP contribution in [0.2, 0.25) is 0 Å². The Morgan fingerprint density at radius 3 is 3.10 bits per heavy atom. The molecular formula is C13H18N2O4S. The zero-order valence-corrected chi connectivity index (χ0v) is 12.1. The molecule has 0 spiro atoms. The van der Waals surface area contributed by atoms with Crippen molar-refractivity contribution in [2.45, 2.75) is 19.5 Å². The Balaban J connectivity index is 2.10. The summed E-state index contributed by atoms with van der Waals surface area (Å²) in [4.78, 5) is 25.5. The highest BCUT2D eigenvalue weighted by Gasteiger charge is 2.30. The van der Waals surface area contributed by atoms with E-state index in [0.29, 0.717) is 37.7 Å². The summed E-state index contributed by atoms with van der Waals surface area (Å²) in [5, 5.41) is 13.7. The van der Waals surface area contributed by atoms with E-state index < -0.39 is 5.97 Å². The molecule has 0 aromatic carbocycles. The van der Waals surface area contributed by atoms with Crippen LogP contribution >= 0.6 is 11.3 Å². The highest BCUT2D eigenvalue weighted by Crippen LogP contribution is 2.21. The minimum Gasteiger partial charge on any atom is -0.477 e. The number of carboxylic acid groups (broad SMARTS) is 1. The lowest BCUT2D eigenvalue weighted by atomic mass is 10.1. The molecule has 1 aliphatic heterocycles. The summed E-state index contributed by atoms with van der Waals surface area (Å²) in [6, 6.07) is 1.45. The number of aromatic carboxylic acids is 1. The fraction of sp³-hybridized carbons (Fsp3) is 0.538. The van der Waals surface area contributed by atoms with Gasteiger partial charge < -0.3 is 15.2 Å². The van der Waals surface area contributed by atoms with Crippen molar-refractivity contribution in [2.24, 2.45) is 0 Å². The predicted octanol–water partition coefficient (Wildman–Crippen LogP) is 0.783. The quantitative estimate of drug-likeness (QED) is 0.840. The molecule has 0 bridgehead atoms. The molecular weight excluding hydrogens is 280 g/mol. The molecule has 0 radical (unpaired) electrons. The van der Waals surface area contributed by atoms with E-state index in [-0.39, 0.29) is 11.9 Å². The third-order valence-corrected chi connectivity index (χ3v) is 4.15. The lowest BCUT2D eigenvalue weighted by Crippen LogP contribution is -2.53. The zero-order chi connectivity index (χ0) is 14.5. The minimum absolute atomic E-state index is 0.0701. The van der Waals surface area contributed by atoms with Crippen molar-refractivity contribution >= 4 is 23.2 Å². The Kier molecular flexibility index (Phi) is 5.11. The van der Waals surface area contributed by atoms with Gasteiger partial charge in [0.05, 0.1) is 13.2 Å². The number of morpholine rings is 1. The summed E-state index contributed by atoms with van der Waals surface area (Å²) in [6.07, 6.45) is 0. The summed E-state index contributed by atoms with van der Waals surface area (Å²) < 4.78 is 5.36. The van der Waals surface area contributed by atoms with Gasteiger partial charge in [0.2, 0.25) is 5.91 Å². The van der Waals surface area contributed by atoms with Crippen molar-refractivity contribution in [2.75, 3.05) is 26.3 Å². The van der Waals surface area contributed by atoms with Crippen molar-refractivity contribution in [3.63, 3.8) is 0 Å². The van der Waals surface area contributed by atoms with Crippen molar-refractivity contribution < 1.29 is 19.4 Å². The number of carbonyl (C=O) groups is 2. The standard InChI is InChI=1S/C13H18N2O4S/c1-2-14-12(16)10-8-19-5-4-15(10)7-9-3-6-20-11(9)13(17)18/h3,6,10H,2,4-5,7-8H2,1H3,(H,14,16)(H,17,18). The average Bonchev–Trinajstić information content (AvgIpc) is 2.88. The third kappa shape index (κ3) is 3.36. The van der Waals surface area contributed by atoms with Crippen LogP contribution in [0.4, 0.5) is 0 Å². The van der Waals surface area contributed by atoms with Gasteiger partial charge in [0, 0.05) is 19.6 Å². The third-order valence-electron chi connectivity index (χ3n) is 3.21. The van der Waals surface area contributed by atoms with Crippen molar-refractivity contribution in [1.82, 2.24) is 10.2 Å². The van der Waals surface area contributed by atoms with Gasteiger partial charge >= 0.3 is 5.97 Å². The van der Waals surface area contributed by atoms with E-state index in [9.17, 15) is 9.59 Å². The molecule has 2 rings (SSSR count). The number of hydrogen-bond donors (Lipinski definition) is 2. The summed E-state index contributed by atoms with van der Waals surface area (Å²) in [6.45, 7) is 4.42. The predicted molar refractivity (Wildman–Crippen MR) is 75.0 cm³/mol. The number of nitrogens with zero attached hydrogens (tertiary/aromatic N) is 1. The number of hydrogen-bond acceptors (Lipinski definition) is 5. The molecule has 20 heavy (non-hydrogen) atoms. The Hall–Kier alpha value is -1.44. The number of carbonyl (C=O) groups excluding carboxylic acids is 1. The van der Waals surface area contributed by atoms with E-state index in [1.165, 1.54) is 11.3 Å². The van der Waals surface area contributed by atoms with Crippen LogP contribution in [-0.4, -0.2) is 54.2 Å². The van der Waals surface area contributed by atoms with Gasteiger partial charge in [-0.2, -0.15) is 0 Å². The van der Waals surface area contributed by atoms with Gasteiger partial charge in [0.25, 0.3) is 0 Å². The zero-order valence-electron chi connectivity index (χ0n) is 11.3. The SMILES string of the molecule is CCNC(=O)C1COCCN1Cc1ccsc1C(=O)O. The van der Waals surface area contributed by atoms with E-state index in [0.717, 1.165) is 5.56 Å². The number of rotatable bonds is 5. The number of thiophene rings is 1. The maximum Gasteiger partial charge on any atom is 0.346 e. The number of carboxylic acids is 1. The van der Waals surface area contributed by atoms with Gasteiger partial charge in [-0.3, -0.25) is 9.69 Å². The van der Waals surface area contributed by atoms with Crippen LogP contribution in [0.25, 0.3) is 0 Å². The molecule has 0 aliphatic carbocycles. The molecule has 1 aromatic heterocycles. The average molecular weight is 298 g/mol. The second kappa shape index (κ2) is 6.83. The lowest BCUT2D eigenvalue weighted by molar-refractivity contribution is -0.132. The first-order chi connectivity index (χ1) is 9.63. The van der Waals surface area contributed by atoms with Gasteiger partial charge in [-0.05, 0) is 23.9 Å². The molecule has 0 saturated carbocycles. The Bertz CT molecular complexity index is 488. The van der Waals surface area contributed by atoms with Crippen LogP contribution in [0.3, 0.4) is 0 Å². The molecule has 1 amide bonds. The fourth-order valence-corrected chi connectivity index (χ4v) is 2.98. The molecule has 1 unspecified atom stereocenters. The van der Waals surface area contributed by atoms with Gasteiger partial charge in [-0.15, -0.1) is 11.3 Å². The van der Waals surface area contributed by atoms with Crippen LogP contribution in [0.5, 0.6) is 0 Å². The molecule has 6 nitrogen and oxygen atoms in total. The number of ether oxygens (including phenoxy) is 1. The van der Waals surface area contributed by atoms with Crippen LogP contribution in [-0.2, 0) is 16.1 Å². The second-order valence-electron chi connectivity index (χ2n) is 4.54. The van der Waals surface area contributed by atoms with Gasteiger partial charge in [0.1, 0.15) is 10.9 Å². The van der Waals surface area contributed by atoms with E-state index in [2.05, 4.69) is 5.32 Å². The maximum absolute atomic E-state index is 12.0. The Morgan fingerprint density at radius 2 is 2.40 bits per heavy atom. The first-order valence-corrected chi connectivity index (χ1v) is 7.40. The second-order valence-corrected chi connectivity index (χ2v) is 5.45. The number of likely N-dealkylation sites (N-methyl/N-ethyl adjacent to an activating group) is 1. The summed E-state index contributed by atoms with van der Waals surface area (Å²) in [7, 11) is 0. The van der Waals surface area contributed by atoms with Gasteiger partial charge in [-0.25, -0.2) is 4.79 Å². The summed E-state index contributed by atoms with van der Waals surface area (Å²) >= 11 is 1.21. The smallest absolute Gasteiger partial charge is 0.346 e. The van der Waals surface area contributed by atoms with Crippen LogP contribution in [0, 0.1) is 0 Å². The van der Waals surface area contributed by atoms with E-state index >= 15 is 0 Å². The highest BCUT2D eigenvalue weighted by atomic mass is 32.1. The molecule has 1 aromatic rings. The van der Waals surface area contributed by atoms with E-state index in [1.807, 2.05) is 11.8 Å². The van der Waals surface area contributed by atoms with E-state index in [1.54, 1.807) is 11.4 Å². The number of nitrogens with one attached hydrogen (secondary N) is 1. The lowest BCUT2D eigenvalue weighted by Gasteiger charge is -2.34. The van der Waals surface area contributed by atoms with Crippen LogP contribution in [0.1, 0.15) is 22.2 Å². The molecule has 2 N–H and O–H groups in total. The molecule has 1 atom stereocenters.